The summed E-state index contributed by atoms with van der Waals surface area (Å²) in [5.41, 5.74) is 3.29. The maximum Gasteiger partial charge on any atom is 0.160 e. The maximum atomic E-state index is 13.8. The van der Waals surface area contributed by atoms with Crippen molar-refractivity contribution < 1.29 is 9.18 Å². The molecule has 0 amide bonds. The number of carbonyl (C=O) groups excluding carboxylic acids is 1. The number of ketones is 1. The van der Waals surface area contributed by atoms with Gasteiger partial charge in [0.1, 0.15) is 17.6 Å². The fourth-order valence-electron chi connectivity index (χ4n) is 7.77. The normalized spacial score (nSPS) is 31.3. The molecule has 2 aromatic rings. The fraction of sp³-hybridized carbons (Fsp3) is 0.483. The number of hydrogen-bond donors (Lipinski definition) is 1. The van der Waals surface area contributed by atoms with Gasteiger partial charge < -0.3 is 5.32 Å². The molecular weight excluding hydrogens is 461 g/mol. The Morgan fingerprint density at radius 1 is 1.11 bits per heavy atom. The second kappa shape index (κ2) is 8.85. The lowest BCUT2D eigenvalue weighted by Crippen LogP contribution is -2.46. The molecular formula is C29H31ClFN3O. The van der Waals surface area contributed by atoms with Crippen molar-refractivity contribution in [3.63, 3.8) is 0 Å². The van der Waals surface area contributed by atoms with E-state index in [0.717, 1.165) is 36.3 Å². The van der Waals surface area contributed by atoms with E-state index >= 15 is 0 Å². The number of pyridine rings is 1. The summed E-state index contributed by atoms with van der Waals surface area (Å²) < 4.78 is 13.8. The Morgan fingerprint density at radius 3 is 2.43 bits per heavy atom. The van der Waals surface area contributed by atoms with Crippen LogP contribution in [-0.4, -0.2) is 16.6 Å². The molecule has 1 unspecified atom stereocenters. The third-order valence-corrected chi connectivity index (χ3v) is 9.07. The van der Waals surface area contributed by atoms with Crippen molar-refractivity contribution in [3.05, 3.63) is 76.0 Å². The predicted molar refractivity (Wildman–Crippen MR) is 136 cm³/mol. The summed E-state index contributed by atoms with van der Waals surface area (Å²) in [6.45, 7) is 1.59. The Labute approximate surface area is 211 Å². The third kappa shape index (κ3) is 4.33. The Bertz CT molecular complexity index is 1190. The average molecular weight is 492 g/mol. The lowest BCUT2D eigenvalue weighted by atomic mass is 9.48. The van der Waals surface area contributed by atoms with Crippen LogP contribution in [0.2, 0.25) is 5.02 Å². The lowest BCUT2D eigenvalue weighted by molar-refractivity contribution is -0.114. The molecule has 0 radical (unpaired) electrons. The molecule has 1 N–H and O–H groups in total. The number of hydrogen-bond acceptors (Lipinski definition) is 4. The number of benzene rings is 1. The maximum absolute atomic E-state index is 13.8. The topological polar surface area (TPSA) is 54.4 Å². The molecule has 4 bridgehead atoms. The zero-order valence-corrected chi connectivity index (χ0v) is 20.8. The molecule has 1 aromatic carbocycles. The van der Waals surface area contributed by atoms with Crippen LogP contribution in [0.25, 0.3) is 0 Å². The molecule has 6 heteroatoms. The molecule has 0 spiro atoms. The van der Waals surface area contributed by atoms with Crippen molar-refractivity contribution in [2.75, 3.05) is 0 Å². The molecule has 0 saturated heterocycles. The number of Topliss-reactive ketones (excluding diaryl/α,β-unsaturated/α-hetero) is 1. The molecule has 4 nitrogen and oxygen atoms in total. The van der Waals surface area contributed by atoms with Crippen LogP contribution in [0.5, 0.6) is 0 Å². The van der Waals surface area contributed by atoms with Gasteiger partial charge in [-0.3, -0.25) is 14.8 Å². The number of amidine groups is 1. The van der Waals surface area contributed by atoms with Gasteiger partial charge in [0.05, 0.1) is 0 Å². The van der Waals surface area contributed by atoms with Crippen LogP contribution in [0.4, 0.5) is 4.39 Å². The molecule has 4 saturated carbocycles. The van der Waals surface area contributed by atoms with E-state index in [2.05, 4.69) is 10.3 Å². The molecule has 1 aliphatic heterocycles. The zero-order valence-electron chi connectivity index (χ0n) is 20.1. The highest BCUT2D eigenvalue weighted by atomic mass is 35.5. The van der Waals surface area contributed by atoms with E-state index in [9.17, 15) is 9.18 Å². The number of allylic oxidation sites excluding steroid dienone is 1. The summed E-state index contributed by atoms with van der Waals surface area (Å²) in [4.78, 5) is 22.4. The van der Waals surface area contributed by atoms with Gasteiger partial charge in [0, 0.05) is 28.1 Å². The summed E-state index contributed by atoms with van der Waals surface area (Å²) in [5, 5.41) is 3.77. The highest BCUT2D eigenvalue weighted by molar-refractivity contribution is 6.31. The van der Waals surface area contributed by atoms with Crippen molar-refractivity contribution in [2.45, 2.75) is 64.3 Å². The summed E-state index contributed by atoms with van der Waals surface area (Å²) >= 11 is 6.48. The summed E-state index contributed by atoms with van der Waals surface area (Å²) in [5.74, 6) is 2.85. The first-order valence-corrected chi connectivity index (χ1v) is 13.2. The molecule has 2 heterocycles. The van der Waals surface area contributed by atoms with Crippen LogP contribution >= 0.6 is 11.6 Å². The van der Waals surface area contributed by atoms with Crippen molar-refractivity contribution in [1.29, 1.82) is 0 Å². The predicted octanol–water partition coefficient (Wildman–Crippen LogP) is 6.80. The average Bonchev–Trinajstić information content (AvgIpc) is 2.82. The minimum Gasteiger partial charge on any atom is -0.342 e. The van der Waals surface area contributed by atoms with Gasteiger partial charge in [-0.25, -0.2) is 4.39 Å². The van der Waals surface area contributed by atoms with Crippen LogP contribution in [0.15, 0.2) is 58.9 Å². The number of aliphatic imine (C=N–C) groups is 1. The van der Waals surface area contributed by atoms with Gasteiger partial charge in [-0.2, -0.15) is 0 Å². The van der Waals surface area contributed by atoms with Gasteiger partial charge in [-0.1, -0.05) is 23.7 Å². The van der Waals surface area contributed by atoms with E-state index < -0.39 is 11.9 Å². The number of carbonyl (C=O) groups is 1. The molecule has 4 fully saturated rings. The summed E-state index contributed by atoms with van der Waals surface area (Å²) in [6, 6.07) is 9.42. The van der Waals surface area contributed by atoms with E-state index in [0.29, 0.717) is 28.1 Å². The van der Waals surface area contributed by atoms with Crippen LogP contribution in [0.3, 0.4) is 0 Å². The summed E-state index contributed by atoms with van der Waals surface area (Å²) in [7, 11) is 0. The first-order valence-electron chi connectivity index (χ1n) is 12.8. The van der Waals surface area contributed by atoms with Crippen molar-refractivity contribution in [2.24, 2.45) is 28.2 Å². The molecule has 4 aliphatic carbocycles. The van der Waals surface area contributed by atoms with Crippen LogP contribution in [0, 0.1) is 29.0 Å². The monoisotopic (exact) mass is 491 g/mol. The highest BCUT2D eigenvalue weighted by Crippen LogP contribution is 2.62. The smallest absolute Gasteiger partial charge is 0.160 e. The van der Waals surface area contributed by atoms with Gasteiger partial charge in [0.25, 0.3) is 0 Å². The first kappa shape index (κ1) is 22.9. The Balaban J connectivity index is 1.37. The van der Waals surface area contributed by atoms with Gasteiger partial charge in [-0.05, 0) is 106 Å². The molecule has 1 atom stereocenters. The minimum absolute atomic E-state index is 0.0350. The molecule has 35 heavy (non-hydrogen) atoms. The quantitative estimate of drug-likeness (QED) is 0.483. The zero-order chi connectivity index (χ0) is 24.2. The van der Waals surface area contributed by atoms with Crippen LogP contribution < -0.4 is 5.32 Å². The lowest BCUT2D eigenvalue weighted by Gasteiger charge is -2.57. The number of nitrogens with zero attached hydrogens (tertiary/aromatic N) is 2. The molecule has 7 rings (SSSR count). The molecule has 182 valence electrons. The minimum atomic E-state index is -0.592. The highest BCUT2D eigenvalue weighted by Gasteiger charge is 2.50. The number of nitrogens with one attached hydrogen (secondary N) is 1. The SMILES string of the molecule is CC(=O)C1=C(CCC23CC4CC(CC(C4)C2)C3)NC(c2ccccn2)=NC1c1ccc(F)cc1Cl. The van der Waals surface area contributed by atoms with Crippen LogP contribution in [0.1, 0.15) is 75.6 Å². The molecule has 1 aromatic heterocycles. The van der Waals surface area contributed by atoms with E-state index in [1.54, 1.807) is 19.2 Å². The fourth-order valence-corrected chi connectivity index (χ4v) is 8.04. The Hall–Kier alpha value is -2.53. The third-order valence-electron chi connectivity index (χ3n) is 8.74. The van der Waals surface area contributed by atoms with Gasteiger partial charge in [0.2, 0.25) is 0 Å². The van der Waals surface area contributed by atoms with Crippen molar-refractivity contribution in [1.82, 2.24) is 10.3 Å². The van der Waals surface area contributed by atoms with Gasteiger partial charge >= 0.3 is 0 Å². The Morgan fingerprint density at radius 2 is 1.83 bits per heavy atom. The van der Waals surface area contributed by atoms with E-state index in [1.165, 1.54) is 50.7 Å². The standard InChI is InChI=1S/C29H31ClFN3O/c1-17(35)26-24(7-8-29-14-18-10-19(15-29)12-20(11-18)16-29)33-28(25-4-2-3-9-32-25)34-27(26)22-6-5-21(31)13-23(22)30/h2-6,9,13,18-20,27H,7-8,10-12,14-16H2,1H3,(H,33,34). The second-order valence-electron chi connectivity index (χ2n) is 11.3. The number of halogens is 2. The van der Waals surface area contributed by atoms with Gasteiger partial charge in [-0.15, -0.1) is 0 Å². The van der Waals surface area contributed by atoms with E-state index in [1.807, 2.05) is 18.2 Å². The molecule has 5 aliphatic rings. The largest absolute Gasteiger partial charge is 0.342 e. The first-order chi connectivity index (χ1) is 16.9. The van der Waals surface area contributed by atoms with E-state index in [-0.39, 0.29) is 10.8 Å². The van der Waals surface area contributed by atoms with Gasteiger partial charge in [0.15, 0.2) is 11.6 Å². The summed E-state index contributed by atoms with van der Waals surface area (Å²) in [6.07, 6.45) is 11.8. The van der Waals surface area contributed by atoms with E-state index in [4.69, 9.17) is 16.6 Å². The van der Waals surface area contributed by atoms with Crippen molar-refractivity contribution >= 4 is 23.2 Å². The van der Waals surface area contributed by atoms with Crippen molar-refractivity contribution in [3.8, 4) is 0 Å². The van der Waals surface area contributed by atoms with Crippen LogP contribution in [-0.2, 0) is 4.79 Å². The number of rotatable bonds is 6. The Kier molecular flexibility index (Phi) is 5.79. The second-order valence-corrected chi connectivity index (χ2v) is 11.7. The number of aromatic nitrogens is 1.